The minimum absolute atomic E-state index is 0.156. The smallest absolute Gasteiger partial charge is 0.272 e. The molecule has 0 aliphatic carbocycles. The molecule has 0 spiro atoms. The van der Waals surface area contributed by atoms with Gasteiger partial charge in [0.15, 0.2) is 5.69 Å². The Kier molecular flexibility index (Phi) is 4.51. The highest BCUT2D eigenvalue weighted by atomic mass is 16.5. The van der Waals surface area contributed by atoms with Crippen LogP contribution in [0.4, 0.5) is 0 Å². The van der Waals surface area contributed by atoms with Crippen LogP contribution >= 0.6 is 0 Å². The van der Waals surface area contributed by atoms with Crippen molar-refractivity contribution in [2.45, 2.75) is 20.3 Å². The molecule has 1 heterocycles. The molecule has 2 aromatic carbocycles. The number of fused-ring (bicyclic) bond motifs is 1. The Labute approximate surface area is 141 Å². The number of rotatable bonds is 5. The number of aromatic nitrogens is 2. The van der Waals surface area contributed by atoms with E-state index in [1.165, 1.54) is 5.39 Å². The molecule has 0 saturated carbocycles. The summed E-state index contributed by atoms with van der Waals surface area (Å²) < 4.78 is 5.49. The van der Waals surface area contributed by atoms with Crippen molar-refractivity contribution in [2.24, 2.45) is 0 Å². The number of carbonyl (C=O) groups excluding carboxylic acids is 1. The third-order valence-corrected chi connectivity index (χ3v) is 4.35. The molecule has 0 aliphatic heterocycles. The van der Waals surface area contributed by atoms with Gasteiger partial charge in [0, 0.05) is 23.4 Å². The van der Waals surface area contributed by atoms with Crippen LogP contribution in [-0.4, -0.2) is 29.8 Å². The summed E-state index contributed by atoms with van der Waals surface area (Å²) in [5.41, 5.74) is 3.36. The van der Waals surface area contributed by atoms with Crippen LogP contribution in [0.3, 0.4) is 0 Å². The standard InChI is InChI=1S/C19H21N3O2/c1-12-13(2)21-22-18(12)19(23)20-11-10-16-15-7-5-4-6-14(15)8-9-17(16)24-3/h4-9H,10-11H2,1-3H3,(H,20,23)(H,21,22). The number of aryl methyl sites for hydroxylation is 1. The lowest BCUT2D eigenvalue weighted by atomic mass is 10.0. The Morgan fingerprint density at radius 3 is 2.71 bits per heavy atom. The Morgan fingerprint density at radius 1 is 1.21 bits per heavy atom. The van der Waals surface area contributed by atoms with Crippen LogP contribution in [0.1, 0.15) is 27.3 Å². The van der Waals surface area contributed by atoms with Gasteiger partial charge in [-0.15, -0.1) is 0 Å². The number of hydrogen-bond acceptors (Lipinski definition) is 3. The monoisotopic (exact) mass is 323 g/mol. The molecule has 5 nitrogen and oxygen atoms in total. The average molecular weight is 323 g/mol. The predicted molar refractivity (Wildman–Crippen MR) is 94.6 cm³/mol. The molecule has 0 fully saturated rings. The van der Waals surface area contributed by atoms with Crippen molar-refractivity contribution in [1.29, 1.82) is 0 Å². The molecule has 3 rings (SSSR count). The van der Waals surface area contributed by atoms with E-state index in [1.807, 2.05) is 38.1 Å². The minimum atomic E-state index is -0.156. The topological polar surface area (TPSA) is 67.0 Å². The van der Waals surface area contributed by atoms with Crippen LogP contribution in [-0.2, 0) is 6.42 Å². The molecule has 1 aromatic heterocycles. The molecule has 0 radical (unpaired) electrons. The third kappa shape index (κ3) is 2.97. The maximum atomic E-state index is 12.3. The fraction of sp³-hybridized carbons (Fsp3) is 0.263. The number of nitrogens with zero attached hydrogens (tertiary/aromatic N) is 1. The van der Waals surface area contributed by atoms with Crippen LogP contribution in [0.5, 0.6) is 5.75 Å². The first-order valence-corrected chi connectivity index (χ1v) is 7.96. The van der Waals surface area contributed by atoms with E-state index in [1.54, 1.807) is 7.11 Å². The fourth-order valence-corrected chi connectivity index (χ4v) is 2.86. The number of hydrogen-bond donors (Lipinski definition) is 2. The van der Waals surface area contributed by atoms with Crippen molar-refractivity contribution in [2.75, 3.05) is 13.7 Å². The van der Waals surface area contributed by atoms with Crippen molar-refractivity contribution < 1.29 is 9.53 Å². The van der Waals surface area contributed by atoms with Gasteiger partial charge in [-0.25, -0.2) is 0 Å². The number of H-pyrrole nitrogens is 1. The van der Waals surface area contributed by atoms with Crippen LogP contribution in [0.25, 0.3) is 10.8 Å². The number of methoxy groups -OCH3 is 1. The number of carbonyl (C=O) groups is 1. The molecule has 2 N–H and O–H groups in total. The molecule has 0 unspecified atom stereocenters. The van der Waals surface area contributed by atoms with E-state index in [4.69, 9.17) is 4.74 Å². The van der Waals surface area contributed by atoms with Crippen molar-refractivity contribution in [3.05, 3.63) is 58.9 Å². The normalized spacial score (nSPS) is 10.8. The Morgan fingerprint density at radius 2 is 2.00 bits per heavy atom. The highest BCUT2D eigenvalue weighted by Gasteiger charge is 2.14. The molecule has 124 valence electrons. The highest BCUT2D eigenvalue weighted by Crippen LogP contribution is 2.28. The maximum Gasteiger partial charge on any atom is 0.272 e. The quantitative estimate of drug-likeness (QED) is 0.758. The number of nitrogens with one attached hydrogen (secondary N) is 2. The summed E-state index contributed by atoms with van der Waals surface area (Å²) in [4.78, 5) is 12.3. The van der Waals surface area contributed by atoms with E-state index in [9.17, 15) is 4.79 Å². The van der Waals surface area contributed by atoms with Gasteiger partial charge in [-0.1, -0.05) is 30.3 Å². The molecule has 0 aliphatic rings. The van der Waals surface area contributed by atoms with Crippen LogP contribution in [0, 0.1) is 13.8 Å². The molecule has 0 bridgehead atoms. The largest absolute Gasteiger partial charge is 0.496 e. The summed E-state index contributed by atoms with van der Waals surface area (Å²) in [6.07, 6.45) is 0.693. The summed E-state index contributed by atoms with van der Waals surface area (Å²) in [6, 6.07) is 12.2. The van der Waals surface area contributed by atoms with E-state index >= 15 is 0 Å². The first kappa shape index (κ1) is 16.1. The zero-order valence-corrected chi connectivity index (χ0v) is 14.1. The predicted octanol–water partition coefficient (Wildman–Crippen LogP) is 3.16. The molecule has 0 atom stereocenters. The van der Waals surface area contributed by atoms with E-state index < -0.39 is 0 Å². The van der Waals surface area contributed by atoms with Gasteiger partial charge in [-0.2, -0.15) is 5.10 Å². The lowest BCUT2D eigenvalue weighted by Gasteiger charge is -2.12. The zero-order chi connectivity index (χ0) is 17.1. The second-order valence-electron chi connectivity index (χ2n) is 5.80. The summed E-state index contributed by atoms with van der Waals surface area (Å²) in [5, 5.41) is 12.2. The van der Waals surface area contributed by atoms with Crippen molar-refractivity contribution in [3.8, 4) is 5.75 Å². The highest BCUT2D eigenvalue weighted by molar-refractivity contribution is 5.94. The Hall–Kier alpha value is -2.82. The lowest BCUT2D eigenvalue weighted by Crippen LogP contribution is -2.26. The van der Waals surface area contributed by atoms with Gasteiger partial charge in [0.05, 0.1) is 7.11 Å². The van der Waals surface area contributed by atoms with Crippen molar-refractivity contribution >= 4 is 16.7 Å². The van der Waals surface area contributed by atoms with E-state index in [-0.39, 0.29) is 5.91 Å². The Balaban J connectivity index is 1.76. The van der Waals surface area contributed by atoms with E-state index in [0.717, 1.165) is 28.0 Å². The number of ether oxygens (including phenoxy) is 1. The average Bonchev–Trinajstić information content (AvgIpc) is 2.94. The molecule has 3 aromatic rings. The molecule has 1 amide bonds. The molecule has 24 heavy (non-hydrogen) atoms. The lowest BCUT2D eigenvalue weighted by molar-refractivity contribution is 0.0948. The third-order valence-electron chi connectivity index (χ3n) is 4.35. The van der Waals surface area contributed by atoms with Crippen LogP contribution in [0.15, 0.2) is 36.4 Å². The Bertz CT molecular complexity index is 883. The first-order chi connectivity index (χ1) is 11.6. The number of amides is 1. The summed E-state index contributed by atoms with van der Waals surface area (Å²) in [5.74, 6) is 0.686. The van der Waals surface area contributed by atoms with Gasteiger partial charge in [0.25, 0.3) is 5.91 Å². The van der Waals surface area contributed by atoms with Crippen LogP contribution < -0.4 is 10.1 Å². The molecule has 5 heteroatoms. The second kappa shape index (κ2) is 6.74. The molecular weight excluding hydrogens is 302 g/mol. The molecule has 0 saturated heterocycles. The van der Waals surface area contributed by atoms with Crippen molar-refractivity contribution in [3.63, 3.8) is 0 Å². The summed E-state index contributed by atoms with van der Waals surface area (Å²) in [6.45, 7) is 4.32. The molecular formula is C19H21N3O2. The fourth-order valence-electron chi connectivity index (χ4n) is 2.86. The minimum Gasteiger partial charge on any atom is -0.496 e. The number of aromatic amines is 1. The van der Waals surface area contributed by atoms with Gasteiger partial charge in [0.2, 0.25) is 0 Å². The second-order valence-corrected chi connectivity index (χ2v) is 5.80. The summed E-state index contributed by atoms with van der Waals surface area (Å²) >= 11 is 0. The number of benzene rings is 2. The van der Waals surface area contributed by atoms with Crippen LogP contribution in [0.2, 0.25) is 0 Å². The zero-order valence-electron chi connectivity index (χ0n) is 14.1. The maximum absolute atomic E-state index is 12.3. The van der Waals surface area contributed by atoms with E-state index in [2.05, 4.69) is 27.6 Å². The van der Waals surface area contributed by atoms with Gasteiger partial charge < -0.3 is 10.1 Å². The van der Waals surface area contributed by atoms with Gasteiger partial charge in [-0.3, -0.25) is 9.89 Å². The van der Waals surface area contributed by atoms with E-state index in [0.29, 0.717) is 18.7 Å². The summed E-state index contributed by atoms with van der Waals surface area (Å²) in [7, 11) is 1.67. The first-order valence-electron chi connectivity index (χ1n) is 7.96. The van der Waals surface area contributed by atoms with Gasteiger partial charge >= 0.3 is 0 Å². The van der Waals surface area contributed by atoms with Gasteiger partial charge in [0.1, 0.15) is 5.75 Å². The van der Waals surface area contributed by atoms with Crippen molar-refractivity contribution in [1.82, 2.24) is 15.5 Å². The SMILES string of the molecule is COc1ccc2ccccc2c1CCNC(=O)c1n[nH]c(C)c1C. The van der Waals surface area contributed by atoms with Gasteiger partial charge in [-0.05, 0) is 37.1 Å².